The Balaban J connectivity index is 3.21. The Bertz CT molecular complexity index is 433. The smallest absolute Gasteiger partial charge is 0.232 e. The summed E-state index contributed by atoms with van der Waals surface area (Å²) in [6, 6.07) is 5.81. The molecule has 3 nitrogen and oxygen atoms in total. The highest BCUT2D eigenvalue weighted by molar-refractivity contribution is 5.97. The lowest BCUT2D eigenvalue weighted by molar-refractivity contribution is -0.125. The quantitative estimate of drug-likeness (QED) is 0.823. The molecule has 1 amide bonds. The van der Waals surface area contributed by atoms with Crippen molar-refractivity contribution >= 4 is 11.6 Å². The van der Waals surface area contributed by atoms with Crippen LogP contribution in [-0.4, -0.2) is 20.1 Å². The number of nitrogens with zero attached hydrogens (tertiary/aromatic N) is 1. The van der Waals surface area contributed by atoms with Crippen molar-refractivity contribution in [2.75, 3.05) is 19.1 Å². The van der Waals surface area contributed by atoms with Crippen molar-refractivity contribution in [2.24, 2.45) is 5.41 Å². The lowest BCUT2D eigenvalue weighted by atomic mass is 9.94. The van der Waals surface area contributed by atoms with E-state index in [4.69, 9.17) is 4.74 Å². The van der Waals surface area contributed by atoms with Gasteiger partial charge in [-0.25, -0.2) is 0 Å². The van der Waals surface area contributed by atoms with E-state index in [1.807, 2.05) is 46.0 Å². The van der Waals surface area contributed by atoms with Gasteiger partial charge < -0.3 is 9.64 Å². The molecule has 0 aliphatic rings. The minimum absolute atomic E-state index is 0.102. The first-order chi connectivity index (χ1) is 8.32. The van der Waals surface area contributed by atoms with E-state index >= 15 is 0 Å². The van der Waals surface area contributed by atoms with Crippen LogP contribution in [0.5, 0.6) is 5.75 Å². The van der Waals surface area contributed by atoms with Gasteiger partial charge in [0.15, 0.2) is 0 Å². The van der Waals surface area contributed by atoms with Crippen molar-refractivity contribution in [3.63, 3.8) is 0 Å². The second kappa shape index (κ2) is 5.42. The molecule has 0 spiro atoms. The first-order valence-corrected chi connectivity index (χ1v) is 6.27. The zero-order valence-electron chi connectivity index (χ0n) is 12.2. The molecule has 0 N–H and O–H groups in total. The van der Waals surface area contributed by atoms with Crippen LogP contribution in [0.3, 0.4) is 0 Å². The molecule has 100 valence electrons. The van der Waals surface area contributed by atoms with Gasteiger partial charge in [-0.05, 0) is 18.6 Å². The fourth-order valence-electron chi connectivity index (χ4n) is 2.03. The summed E-state index contributed by atoms with van der Waals surface area (Å²) in [5, 5.41) is 0. The highest BCUT2D eigenvalue weighted by Crippen LogP contribution is 2.31. The maximum absolute atomic E-state index is 12.3. The Kier molecular flexibility index (Phi) is 4.38. The molecule has 0 aromatic heterocycles. The summed E-state index contributed by atoms with van der Waals surface area (Å²) in [4.78, 5) is 14.0. The average molecular weight is 249 g/mol. The first-order valence-electron chi connectivity index (χ1n) is 6.27. The van der Waals surface area contributed by atoms with Crippen LogP contribution in [-0.2, 0) is 11.2 Å². The predicted octanol–water partition coefficient (Wildman–Crippen LogP) is 3.27. The number of hydrogen-bond acceptors (Lipinski definition) is 2. The monoisotopic (exact) mass is 249 g/mol. The molecule has 0 aliphatic carbocycles. The number of hydrogen-bond donors (Lipinski definition) is 0. The molecule has 0 unspecified atom stereocenters. The van der Waals surface area contributed by atoms with Gasteiger partial charge in [0, 0.05) is 18.0 Å². The summed E-state index contributed by atoms with van der Waals surface area (Å²) >= 11 is 0. The molecule has 18 heavy (non-hydrogen) atoms. The van der Waals surface area contributed by atoms with Crippen molar-refractivity contribution in [2.45, 2.75) is 34.1 Å². The number of carbonyl (C=O) groups excluding carboxylic acids is 1. The van der Waals surface area contributed by atoms with Crippen molar-refractivity contribution in [3.8, 4) is 5.75 Å². The van der Waals surface area contributed by atoms with Crippen LogP contribution >= 0.6 is 0 Å². The Morgan fingerprint density at radius 3 is 2.39 bits per heavy atom. The molecular formula is C15H23NO2. The number of anilines is 1. The number of amides is 1. The standard InChI is InChI=1S/C15H23NO2/c1-7-11-12(9-8-10-13(11)18-6)16(5)14(17)15(2,3)4/h8-10H,7H2,1-6H3. The lowest BCUT2D eigenvalue weighted by Gasteiger charge is -2.28. The highest BCUT2D eigenvalue weighted by atomic mass is 16.5. The van der Waals surface area contributed by atoms with Crippen molar-refractivity contribution < 1.29 is 9.53 Å². The molecular weight excluding hydrogens is 226 g/mol. The topological polar surface area (TPSA) is 29.5 Å². The van der Waals surface area contributed by atoms with Gasteiger partial charge in [-0.15, -0.1) is 0 Å². The fourth-order valence-corrected chi connectivity index (χ4v) is 2.03. The third-order valence-corrected chi connectivity index (χ3v) is 2.99. The summed E-state index contributed by atoms with van der Waals surface area (Å²) in [6.45, 7) is 7.85. The van der Waals surface area contributed by atoms with E-state index in [0.717, 1.165) is 23.4 Å². The third-order valence-electron chi connectivity index (χ3n) is 2.99. The maximum atomic E-state index is 12.3. The van der Waals surface area contributed by atoms with Gasteiger partial charge in [-0.2, -0.15) is 0 Å². The van der Waals surface area contributed by atoms with Crippen LogP contribution in [0, 0.1) is 5.41 Å². The van der Waals surface area contributed by atoms with Gasteiger partial charge in [0.2, 0.25) is 5.91 Å². The lowest BCUT2D eigenvalue weighted by Crippen LogP contribution is -2.37. The molecule has 0 atom stereocenters. The Morgan fingerprint density at radius 2 is 1.94 bits per heavy atom. The van der Waals surface area contributed by atoms with Crippen LogP contribution in [0.25, 0.3) is 0 Å². The molecule has 1 aromatic carbocycles. The number of benzene rings is 1. The average Bonchev–Trinajstić information content (AvgIpc) is 2.34. The van der Waals surface area contributed by atoms with Crippen LogP contribution in [0.2, 0.25) is 0 Å². The van der Waals surface area contributed by atoms with E-state index in [2.05, 4.69) is 6.92 Å². The SMILES string of the molecule is CCc1c(OC)cccc1N(C)C(=O)C(C)(C)C. The fraction of sp³-hybridized carbons (Fsp3) is 0.533. The number of carbonyl (C=O) groups is 1. The molecule has 1 rings (SSSR count). The van der Waals surface area contributed by atoms with Crippen LogP contribution < -0.4 is 9.64 Å². The van der Waals surface area contributed by atoms with Crippen molar-refractivity contribution in [3.05, 3.63) is 23.8 Å². The zero-order chi connectivity index (χ0) is 13.9. The zero-order valence-corrected chi connectivity index (χ0v) is 12.2. The van der Waals surface area contributed by atoms with E-state index in [1.165, 1.54) is 0 Å². The molecule has 0 radical (unpaired) electrons. The summed E-state index contributed by atoms with van der Waals surface area (Å²) in [6.07, 6.45) is 0.834. The van der Waals surface area contributed by atoms with Gasteiger partial charge in [-0.3, -0.25) is 4.79 Å². The minimum atomic E-state index is -0.386. The van der Waals surface area contributed by atoms with Crippen LogP contribution in [0.1, 0.15) is 33.3 Å². The van der Waals surface area contributed by atoms with E-state index in [0.29, 0.717) is 0 Å². The van der Waals surface area contributed by atoms with Gasteiger partial charge in [0.1, 0.15) is 5.75 Å². The molecule has 3 heteroatoms. The van der Waals surface area contributed by atoms with Gasteiger partial charge in [-0.1, -0.05) is 33.8 Å². The van der Waals surface area contributed by atoms with Crippen molar-refractivity contribution in [1.82, 2.24) is 0 Å². The Hall–Kier alpha value is -1.51. The number of rotatable bonds is 3. The summed E-state index contributed by atoms with van der Waals surface area (Å²) < 4.78 is 5.35. The Labute approximate surface area is 110 Å². The second-order valence-electron chi connectivity index (χ2n) is 5.43. The van der Waals surface area contributed by atoms with Crippen LogP contribution in [0.15, 0.2) is 18.2 Å². The minimum Gasteiger partial charge on any atom is -0.496 e. The normalized spacial score (nSPS) is 11.2. The molecule has 0 bridgehead atoms. The van der Waals surface area contributed by atoms with E-state index < -0.39 is 0 Å². The van der Waals surface area contributed by atoms with E-state index in [1.54, 1.807) is 12.0 Å². The molecule has 0 saturated carbocycles. The first kappa shape index (κ1) is 14.6. The molecule has 0 heterocycles. The number of ether oxygens (including phenoxy) is 1. The van der Waals surface area contributed by atoms with E-state index in [9.17, 15) is 4.79 Å². The maximum Gasteiger partial charge on any atom is 0.232 e. The summed E-state index contributed by atoms with van der Waals surface area (Å²) in [5.74, 6) is 0.939. The number of methoxy groups -OCH3 is 1. The summed E-state index contributed by atoms with van der Waals surface area (Å²) in [5.41, 5.74) is 1.61. The molecule has 0 fully saturated rings. The van der Waals surface area contributed by atoms with Crippen LogP contribution in [0.4, 0.5) is 5.69 Å². The molecule has 0 aliphatic heterocycles. The summed E-state index contributed by atoms with van der Waals surface area (Å²) in [7, 11) is 3.48. The predicted molar refractivity (Wildman–Crippen MR) is 75.2 cm³/mol. The van der Waals surface area contributed by atoms with Gasteiger partial charge in [0.05, 0.1) is 12.8 Å². The third kappa shape index (κ3) is 2.84. The molecule has 1 aromatic rings. The van der Waals surface area contributed by atoms with Gasteiger partial charge >= 0.3 is 0 Å². The molecule has 0 saturated heterocycles. The van der Waals surface area contributed by atoms with Gasteiger partial charge in [0.25, 0.3) is 0 Å². The highest BCUT2D eigenvalue weighted by Gasteiger charge is 2.27. The second-order valence-corrected chi connectivity index (χ2v) is 5.43. The Morgan fingerprint density at radius 1 is 1.33 bits per heavy atom. The van der Waals surface area contributed by atoms with E-state index in [-0.39, 0.29) is 11.3 Å². The van der Waals surface area contributed by atoms with Crippen molar-refractivity contribution in [1.29, 1.82) is 0 Å². The largest absolute Gasteiger partial charge is 0.496 e.